The van der Waals surface area contributed by atoms with Gasteiger partial charge in [-0.2, -0.15) is 0 Å². The monoisotopic (exact) mass is 463 g/mol. The number of guanidine groups is 1. The van der Waals surface area contributed by atoms with Crippen LogP contribution in [0.5, 0.6) is 0 Å². The van der Waals surface area contributed by atoms with Crippen molar-refractivity contribution in [2.45, 2.75) is 39.7 Å². The number of hydrogen-bond acceptors (Lipinski definition) is 4. The molecule has 1 atom stereocenters. The van der Waals surface area contributed by atoms with Gasteiger partial charge in [0.1, 0.15) is 5.01 Å². The molecule has 0 aromatic carbocycles. The van der Waals surface area contributed by atoms with E-state index in [1.54, 1.807) is 11.3 Å². The van der Waals surface area contributed by atoms with E-state index in [-0.39, 0.29) is 35.3 Å². The molecule has 1 amide bonds. The topological polar surface area (TPSA) is 69.6 Å². The summed E-state index contributed by atoms with van der Waals surface area (Å²) in [5.74, 6) is 1.09. The molecule has 2 fully saturated rings. The summed E-state index contributed by atoms with van der Waals surface area (Å²) in [5, 5.41) is 7.51. The van der Waals surface area contributed by atoms with E-state index in [4.69, 9.17) is 0 Å². The molecule has 2 N–H and O–H groups in total. The molecule has 6 nitrogen and oxygen atoms in total. The SMILES string of the molecule is CN=C(NCc1nc(C)c(C)s1)N1CCCC2(CNC(=O)C2)C1.I. The molecule has 0 saturated carbocycles. The molecular weight excluding hydrogens is 437 g/mol. The predicted molar refractivity (Wildman–Crippen MR) is 108 cm³/mol. The molecule has 1 aromatic heterocycles. The number of likely N-dealkylation sites (tertiary alicyclic amines) is 1. The van der Waals surface area contributed by atoms with Crippen LogP contribution in [-0.4, -0.2) is 48.4 Å². The third-order valence-electron chi connectivity index (χ3n) is 4.84. The van der Waals surface area contributed by atoms with Gasteiger partial charge in [0, 0.05) is 43.4 Å². The molecule has 1 spiro atoms. The lowest BCUT2D eigenvalue weighted by Crippen LogP contribution is -2.51. The van der Waals surface area contributed by atoms with Crippen molar-refractivity contribution in [2.24, 2.45) is 10.4 Å². The van der Waals surface area contributed by atoms with Gasteiger partial charge in [-0.3, -0.25) is 9.79 Å². The maximum atomic E-state index is 11.6. The van der Waals surface area contributed by atoms with Gasteiger partial charge in [-0.15, -0.1) is 35.3 Å². The van der Waals surface area contributed by atoms with E-state index in [1.807, 2.05) is 14.0 Å². The number of rotatable bonds is 2. The summed E-state index contributed by atoms with van der Waals surface area (Å²) < 4.78 is 0. The lowest BCUT2D eigenvalue weighted by Gasteiger charge is -2.40. The quantitative estimate of drug-likeness (QED) is 0.400. The van der Waals surface area contributed by atoms with Gasteiger partial charge in [-0.1, -0.05) is 0 Å². The van der Waals surface area contributed by atoms with Gasteiger partial charge < -0.3 is 15.5 Å². The molecule has 2 aliphatic heterocycles. The number of aromatic nitrogens is 1. The Morgan fingerprint density at radius 2 is 2.29 bits per heavy atom. The highest BCUT2D eigenvalue weighted by Crippen LogP contribution is 2.36. The molecule has 134 valence electrons. The third kappa shape index (κ3) is 4.19. The van der Waals surface area contributed by atoms with Crippen molar-refractivity contribution in [1.82, 2.24) is 20.5 Å². The van der Waals surface area contributed by atoms with Crippen LogP contribution in [0.25, 0.3) is 0 Å². The zero-order chi connectivity index (χ0) is 16.4. The molecule has 2 saturated heterocycles. The molecule has 3 rings (SSSR count). The third-order valence-corrected chi connectivity index (χ3v) is 5.91. The molecule has 1 unspecified atom stereocenters. The lowest BCUT2D eigenvalue weighted by atomic mass is 9.79. The number of nitrogens with zero attached hydrogens (tertiary/aromatic N) is 3. The first-order chi connectivity index (χ1) is 11.0. The summed E-state index contributed by atoms with van der Waals surface area (Å²) in [5.41, 5.74) is 1.19. The van der Waals surface area contributed by atoms with E-state index in [0.717, 1.165) is 49.1 Å². The van der Waals surface area contributed by atoms with Crippen molar-refractivity contribution in [3.63, 3.8) is 0 Å². The number of piperidine rings is 1. The number of carbonyl (C=O) groups excluding carboxylic acids is 1. The standard InChI is InChI=1S/C16H25N5OS.HI/c1-11-12(2)23-14(20-11)8-18-15(17-3)21-6-4-5-16(10-21)7-13(22)19-9-16;/h4-10H2,1-3H3,(H,17,18)(H,19,22);1H. The number of amides is 1. The van der Waals surface area contributed by atoms with Gasteiger partial charge in [0.15, 0.2) is 5.96 Å². The zero-order valence-electron chi connectivity index (χ0n) is 14.5. The lowest BCUT2D eigenvalue weighted by molar-refractivity contribution is -0.119. The van der Waals surface area contributed by atoms with Crippen molar-refractivity contribution in [1.29, 1.82) is 0 Å². The second-order valence-electron chi connectivity index (χ2n) is 6.63. The first-order valence-corrected chi connectivity index (χ1v) is 8.98. The summed E-state index contributed by atoms with van der Waals surface area (Å²) in [4.78, 5) is 24.2. The summed E-state index contributed by atoms with van der Waals surface area (Å²) >= 11 is 1.73. The highest BCUT2D eigenvalue weighted by Gasteiger charge is 2.42. The van der Waals surface area contributed by atoms with Gasteiger partial charge >= 0.3 is 0 Å². The van der Waals surface area contributed by atoms with Gasteiger partial charge in [0.05, 0.1) is 12.2 Å². The van der Waals surface area contributed by atoms with Crippen LogP contribution in [0, 0.1) is 19.3 Å². The molecule has 0 aliphatic carbocycles. The Morgan fingerprint density at radius 1 is 1.50 bits per heavy atom. The normalized spacial score (nSPS) is 24.0. The highest BCUT2D eigenvalue weighted by molar-refractivity contribution is 14.0. The average molecular weight is 463 g/mol. The minimum Gasteiger partial charge on any atom is -0.355 e. The van der Waals surface area contributed by atoms with Crippen LogP contribution in [0.15, 0.2) is 4.99 Å². The van der Waals surface area contributed by atoms with Crippen LogP contribution >= 0.6 is 35.3 Å². The number of carbonyl (C=O) groups is 1. The highest BCUT2D eigenvalue weighted by atomic mass is 127. The number of halogens is 1. The van der Waals surface area contributed by atoms with E-state index in [1.165, 1.54) is 4.88 Å². The van der Waals surface area contributed by atoms with Crippen LogP contribution in [0.4, 0.5) is 0 Å². The van der Waals surface area contributed by atoms with Crippen molar-refractivity contribution in [2.75, 3.05) is 26.7 Å². The Bertz CT molecular complexity index is 612. The van der Waals surface area contributed by atoms with Gasteiger partial charge in [-0.05, 0) is 26.7 Å². The largest absolute Gasteiger partial charge is 0.355 e. The molecule has 1 aromatic rings. The second kappa shape index (κ2) is 7.99. The molecule has 2 aliphatic rings. The van der Waals surface area contributed by atoms with Crippen molar-refractivity contribution < 1.29 is 4.79 Å². The van der Waals surface area contributed by atoms with Gasteiger partial charge in [0.2, 0.25) is 5.91 Å². The zero-order valence-corrected chi connectivity index (χ0v) is 17.7. The van der Waals surface area contributed by atoms with E-state index < -0.39 is 0 Å². The predicted octanol–water partition coefficient (Wildman–Crippen LogP) is 2.06. The van der Waals surface area contributed by atoms with Crippen LogP contribution in [-0.2, 0) is 11.3 Å². The second-order valence-corrected chi connectivity index (χ2v) is 7.92. The first kappa shape index (κ1) is 19.4. The number of aliphatic imine (C=N–C) groups is 1. The fourth-order valence-corrected chi connectivity index (χ4v) is 4.40. The van der Waals surface area contributed by atoms with E-state index in [0.29, 0.717) is 13.0 Å². The maximum Gasteiger partial charge on any atom is 0.220 e. The molecule has 0 radical (unpaired) electrons. The number of nitrogens with one attached hydrogen (secondary N) is 2. The Balaban J connectivity index is 0.00000208. The maximum absolute atomic E-state index is 11.6. The molecule has 0 bridgehead atoms. The number of thiazole rings is 1. The smallest absolute Gasteiger partial charge is 0.220 e. The fourth-order valence-electron chi connectivity index (χ4n) is 3.53. The van der Waals surface area contributed by atoms with Crippen LogP contribution in [0.1, 0.15) is 34.8 Å². The molecular formula is C16H26IN5OS. The number of hydrogen-bond donors (Lipinski definition) is 2. The molecule has 24 heavy (non-hydrogen) atoms. The molecule has 3 heterocycles. The van der Waals surface area contributed by atoms with Gasteiger partial charge in [-0.25, -0.2) is 4.98 Å². The minimum atomic E-state index is 0. The summed E-state index contributed by atoms with van der Waals surface area (Å²) in [6.07, 6.45) is 2.86. The van der Waals surface area contributed by atoms with E-state index >= 15 is 0 Å². The van der Waals surface area contributed by atoms with E-state index in [9.17, 15) is 4.79 Å². The summed E-state index contributed by atoms with van der Waals surface area (Å²) in [6, 6.07) is 0. The first-order valence-electron chi connectivity index (χ1n) is 8.16. The van der Waals surface area contributed by atoms with E-state index in [2.05, 4.69) is 32.4 Å². The van der Waals surface area contributed by atoms with Crippen LogP contribution in [0.2, 0.25) is 0 Å². The fraction of sp³-hybridized carbons (Fsp3) is 0.688. The van der Waals surface area contributed by atoms with Crippen molar-refractivity contribution >= 4 is 47.2 Å². The molecule has 8 heteroatoms. The van der Waals surface area contributed by atoms with Crippen molar-refractivity contribution in [3.05, 3.63) is 15.6 Å². The van der Waals surface area contributed by atoms with Crippen LogP contribution in [0.3, 0.4) is 0 Å². The number of aryl methyl sites for hydroxylation is 2. The Labute approximate surface area is 164 Å². The Kier molecular flexibility index (Phi) is 6.46. The van der Waals surface area contributed by atoms with Crippen LogP contribution < -0.4 is 10.6 Å². The minimum absolute atomic E-state index is 0. The van der Waals surface area contributed by atoms with Gasteiger partial charge in [0.25, 0.3) is 0 Å². The summed E-state index contributed by atoms with van der Waals surface area (Å²) in [6.45, 7) is 7.52. The average Bonchev–Trinajstić information content (AvgIpc) is 3.03. The Morgan fingerprint density at radius 3 is 2.88 bits per heavy atom. The Hall–Kier alpha value is -0.900. The van der Waals surface area contributed by atoms with Crippen molar-refractivity contribution in [3.8, 4) is 0 Å². The summed E-state index contributed by atoms with van der Waals surface area (Å²) in [7, 11) is 1.82.